The Morgan fingerprint density at radius 3 is 2.78 bits per heavy atom. The zero-order valence-electron chi connectivity index (χ0n) is 12.1. The summed E-state index contributed by atoms with van der Waals surface area (Å²) in [6, 6.07) is 9.04. The standard InChI is InChI=1S/C17H27N/c1-17(2,3)18-13-7-11-15-10-6-9-14-8-4-5-12-16(14)15/h4-5,8,12,15,18H,6-7,9-11,13H2,1-3H3. The predicted octanol–water partition coefficient (Wildman–Crippen LogP) is 4.27. The van der Waals surface area contributed by atoms with Gasteiger partial charge in [0.25, 0.3) is 0 Å². The van der Waals surface area contributed by atoms with E-state index in [1.54, 1.807) is 11.1 Å². The lowest BCUT2D eigenvalue weighted by Crippen LogP contribution is -2.36. The first kappa shape index (κ1) is 13.6. The van der Waals surface area contributed by atoms with Crippen LogP contribution in [0.15, 0.2) is 24.3 Å². The van der Waals surface area contributed by atoms with Crippen LogP contribution in [-0.2, 0) is 6.42 Å². The molecule has 0 saturated carbocycles. The highest BCUT2D eigenvalue weighted by Gasteiger charge is 2.19. The van der Waals surface area contributed by atoms with Gasteiger partial charge in [0.15, 0.2) is 0 Å². The van der Waals surface area contributed by atoms with E-state index in [0.29, 0.717) is 0 Å². The summed E-state index contributed by atoms with van der Waals surface area (Å²) in [5, 5.41) is 3.59. The van der Waals surface area contributed by atoms with Gasteiger partial charge in [-0.05, 0) is 76.5 Å². The number of rotatable bonds is 4. The SMILES string of the molecule is CC(C)(C)NCCCC1CCCc2ccccc21. The maximum absolute atomic E-state index is 3.59. The molecule has 1 aromatic carbocycles. The molecule has 0 bridgehead atoms. The maximum Gasteiger partial charge on any atom is 0.00965 e. The monoisotopic (exact) mass is 245 g/mol. The van der Waals surface area contributed by atoms with Gasteiger partial charge in [-0.2, -0.15) is 0 Å². The molecule has 0 aromatic heterocycles. The second-order valence-corrected chi connectivity index (χ2v) is 6.61. The number of aryl methyl sites for hydroxylation is 1. The van der Waals surface area contributed by atoms with E-state index in [0.717, 1.165) is 12.5 Å². The molecule has 18 heavy (non-hydrogen) atoms. The molecule has 0 aliphatic heterocycles. The average Bonchev–Trinajstić information content (AvgIpc) is 2.33. The van der Waals surface area contributed by atoms with Crippen LogP contribution in [0.3, 0.4) is 0 Å². The van der Waals surface area contributed by atoms with Crippen LogP contribution in [0.2, 0.25) is 0 Å². The van der Waals surface area contributed by atoms with Crippen molar-refractivity contribution in [2.45, 2.75) is 64.3 Å². The van der Waals surface area contributed by atoms with Crippen LogP contribution in [0, 0.1) is 0 Å². The third kappa shape index (κ3) is 3.84. The lowest BCUT2D eigenvalue weighted by molar-refractivity contribution is 0.405. The van der Waals surface area contributed by atoms with Gasteiger partial charge in [-0.1, -0.05) is 24.3 Å². The molecular weight excluding hydrogens is 218 g/mol. The Morgan fingerprint density at radius 2 is 2.00 bits per heavy atom. The van der Waals surface area contributed by atoms with Gasteiger partial charge in [0.1, 0.15) is 0 Å². The molecule has 1 aromatic rings. The minimum atomic E-state index is 0.254. The van der Waals surface area contributed by atoms with Crippen molar-refractivity contribution in [2.75, 3.05) is 6.54 Å². The molecular formula is C17H27N. The van der Waals surface area contributed by atoms with Gasteiger partial charge < -0.3 is 5.32 Å². The summed E-state index contributed by atoms with van der Waals surface area (Å²) < 4.78 is 0. The molecule has 1 aliphatic carbocycles. The molecule has 0 heterocycles. The summed E-state index contributed by atoms with van der Waals surface area (Å²) in [6.45, 7) is 7.86. The predicted molar refractivity (Wildman–Crippen MR) is 79.1 cm³/mol. The Bertz CT molecular complexity index is 375. The molecule has 0 fully saturated rings. The van der Waals surface area contributed by atoms with Crippen molar-refractivity contribution in [3.8, 4) is 0 Å². The first-order valence-corrected chi connectivity index (χ1v) is 7.39. The molecule has 1 aliphatic rings. The first-order valence-electron chi connectivity index (χ1n) is 7.39. The van der Waals surface area contributed by atoms with Crippen molar-refractivity contribution < 1.29 is 0 Å². The van der Waals surface area contributed by atoms with Crippen molar-refractivity contribution in [1.82, 2.24) is 5.32 Å². The van der Waals surface area contributed by atoms with Gasteiger partial charge in [-0.25, -0.2) is 0 Å². The molecule has 100 valence electrons. The van der Waals surface area contributed by atoms with Crippen molar-refractivity contribution in [3.63, 3.8) is 0 Å². The molecule has 1 N–H and O–H groups in total. The van der Waals surface area contributed by atoms with E-state index >= 15 is 0 Å². The summed E-state index contributed by atoms with van der Waals surface area (Å²) in [5.74, 6) is 0.803. The quantitative estimate of drug-likeness (QED) is 0.781. The number of hydrogen-bond acceptors (Lipinski definition) is 1. The van der Waals surface area contributed by atoms with E-state index in [2.05, 4.69) is 50.4 Å². The summed E-state index contributed by atoms with van der Waals surface area (Å²) >= 11 is 0. The highest BCUT2D eigenvalue weighted by atomic mass is 14.9. The number of benzene rings is 1. The minimum Gasteiger partial charge on any atom is -0.312 e. The first-order chi connectivity index (χ1) is 8.56. The summed E-state index contributed by atoms with van der Waals surface area (Å²) in [7, 11) is 0. The van der Waals surface area contributed by atoms with Crippen LogP contribution in [-0.4, -0.2) is 12.1 Å². The van der Waals surface area contributed by atoms with Gasteiger partial charge in [-0.15, -0.1) is 0 Å². The van der Waals surface area contributed by atoms with Crippen molar-refractivity contribution in [2.24, 2.45) is 0 Å². The Labute approximate surface area is 112 Å². The topological polar surface area (TPSA) is 12.0 Å². The van der Waals surface area contributed by atoms with Crippen molar-refractivity contribution >= 4 is 0 Å². The van der Waals surface area contributed by atoms with Crippen LogP contribution in [0.5, 0.6) is 0 Å². The van der Waals surface area contributed by atoms with Gasteiger partial charge in [0.2, 0.25) is 0 Å². The molecule has 0 saturated heterocycles. The molecule has 1 heteroatoms. The van der Waals surface area contributed by atoms with E-state index < -0.39 is 0 Å². The highest BCUT2D eigenvalue weighted by molar-refractivity contribution is 5.32. The Hall–Kier alpha value is -0.820. The zero-order chi connectivity index (χ0) is 13.0. The van der Waals surface area contributed by atoms with Gasteiger partial charge >= 0.3 is 0 Å². The Kier molecular flexibility index (Phi) is 4.45. The molecule has 0 radical (unpaired) electrons. The fourth-order valence-electron chi connectivity index (χ4n) is 2.97. The summed E-state index contributed by atoms with van der Waals surface area (Å²) in [5.41, 5.74) is 3.47. The Morgan fingerprint density at radius 1 is 1.22 bits per heavy atom. The largest absolute Gasteiger partial charge is 0.312 e. The molecule has 2 rings (SSSR count). The summed E-state index contributed by atoms with van der Waals surface area (Å²) in [6.07, 6.45) is 6.66. The Balaban J connectivity index is 1.84. The van der Waals surface area contributed by atoms with E-state index in [9.17, 15) is 0 Å². The smallest absolute Gasteiger partial charge is 0.00965 e. The lowest BCUT2D eigenvalue weighted by atomic mass is 9.80. The number of hydrogen-bond donors (Lipinski definition) is 1. The van der Waals surface area contributed by atoms with E-state index in [1.165, 1.54) is 32.1 Å². The van der Waals surface area contributed by atoms with E-state index in [1.807, 2.05) is 0 Å². The van der Waals surface area contributed by atoms with Crippen LogP contribution in [0.25, 0.3) is 0 Å². The van der Waals surface area contributed by atoms with Crippen LogP contribution in [0.4, 0.5) is 0 Å². The molecule has 1 atom stereocenters. The second-order valence-electron chi connectivity index (χ2n) is 6.61. The lowest BCUT2D eigenvalue weighted by Gasteiger charge is -2.26. The average molecular weight is 245 g/mol. The van der Waals surface area contributed by atoms with Crippen molar-refractivity contribution in [3.05, 3.63) is 35.4 Å². The molecule has 0 amide bonds. The summed E-state index contributed by atoms with van der Waals surface area (Å²) in [4.78, 5) is 0. The molecule has 1 nitrogen and oxygen atoms in total. The van der Waals surface area contributed by atoms with Crippen LogP contribution >= 0.6 is 0 Å². The second kappa shape index (κ2) is 5.88. The normalized spacial score (nSPS) is 19.6. The van der Waals surface area contributed by atoms with Gasteiger partial charge in [0.05, 0.1) is 0 Å². The molecule has 1 unspecified atom stereocenters. The fourth-order valence-corrected chi connectivity index (χ4v) is 2.97. The number of fused-ring (bicyclic) bond motifs is 1. The third-order valence-electron chi connectivity index (χ3n) is 3.88. The maximum atomic E-state index is 3.59. The van der Waals surface area contributed by atoms with Crippen LogP contribution in [0.1, 0.15) is 63.5 Å². The molecule has 0 spiro atoms. The van der Waals surface area contributed by atoms with Gasteiger partial charge in [-0.3, -0.25) is 0 Å². The van der Waals surface area contributed by atoms with Crippen LogP contribution < -0.4 is 5.32 Å². The number of nitrogens with one attached hydrogen (secondary N) is 1. The van der Waals surface area contributed by atoms with Crippen molar-refractivity contribution in [1.29, 1.82) is 0 Å². The van der Waals surface area contributed by atoms with E-state index in [4.69, 9.17) is 0 Å². The highest BCUT2D eigenvalue weighted by Crippen LogP contribution is 2.34. The van der Waals surface area contributed by atoms with Gasteiger partial charge in [0, 0.05) is 5.54 Å². The minimum absolute atomic E-state index is 0.254. The van der Waals surface area contributed by atoms with E-state index in [-0.39, 0.29) is 5.54 Å². The zero-order valence-corrected chi connectivity index (χ0v) is 12.1. The fraction of sp³-hybridized carbons (Fsp3) is 0.647. The third-order valence-corrected chi connectivity index (χ3v) is 3.88.